The third-order valence-corrected chi connectivity index (χ3v) is 3.61. The van der Waals surface area contributed by atoms with Gasteiger partial charge in [0, 0.05) is 24.5 Å². The van der Waals surface area contributed by atoms with Crippen LogP contribution in [-0.4, -0.2) is 28.5 Å². The summed E-state index contributed by atoms with van der Waals surface area (Å²) in [6.07, 6.45) is 7.13. The predicted molar refractivity (Wildman–Crippen MR) is 90.7 cm³/mol. The molecule has 1 aromatic heterocycles. The molecule has 2 rings (SSSR count). The van der Waals surface area contributed by atoms with E-state index in [0.29, 0.717) is 12.5 Å². The van der Waals surface area contributed by atoms with E-state index < -0.39 is 0 Å². The molecule has 0 amide bonds. The first-order valence-corrected chi connectivity index (χ1v) is 7.91. The molecule has 0 bridgehead atoms. The Bertz CT molecular complexity index is 592. The number of hydrogen-bond donors (Lipinski definition) is 3. The monoisotopic (exact) mass is 317 g/mol. The number of nitrogens with zero attached hydrogens (tertiary/aromatic N) is 2. The molecule has 0 aliphatic carbocycles. The lowest BCUT2D eigenvalue weighted by Gasteiger charge is -2.14. The summed E-state index contributed by atoms with van der Waals surface area (Å²) >= 11 is 0. The highest BCUT2D eigenvalue weighted by atomic mass is 19.1. The molecular formula is C17H24FN5. The number of hydrogen-bond acceptors (Lipinski definition) is 2. The highest BCUT2D eigenvalue weighted by Crippen LogP contribution is 2.07. The molecule has 2 aromatic rings. The molecule has 0 aliphatic heterocycles. The van der Waals surface area contributed by atoms with Gasteiger partial charge in [0.2, 0.25) is 0 Å². The average molecular weight is 317 g/mol. The van der Waals surface area contributed by atoms with Crippen molar-refractivity contribution in [3.05, 3.63) is 53.9 Å². The summed E-state index contributed by atoms with van der Waals surface area (Å²) in [5, 5.41) is 3.19. The molecular weight excluding hydrogens is 293 g/mol. The van der Waals surface area contributed by atoms with Crippen molar-refractivity contribution in [1.82, 2.24) is 15.3 Å². The van der Waals surface area contributed by atoms with E-state index in [2.05, 4.69) is 27.2 Å². The Balaban J connectivity index is 1.64. The fraction of sp³-hybridized carbons (Fsp3) is 0.412. The fourth-order valence-electron chi connectivity index (χ4n) is 2.29. The maximum Gasteiger partial charge on any atom is 0.188 e. The number of halogens is 1. The first kappa shape index (κ1) is 17.0. The summed E-state index contributed by atoms with van der Waals surface area (Å²) in [6, 6.07) is 6.83. The van der Waals surface area contributed by atoms with Crippen LogP contribution in [0.5, 0.6) is 0 Å². The second kappa shape index (κ2) is 8.92. The van der Waals surface area contributed by atoms with Gasteiger partial charge in [-0.15, -0.1) is 0 Å². The van der Waals surface area contributed by atoms with Crippen LogP contribution in [0.1, 0.15) is 31.0 Å². The number of nitrogens with two attached hydrogens (primary N) is 1. The molecule has 0 saturated heterocycles. The molecule has 1 aromatic carbocycles. The lowest BCUT2D eigenvalue weighted by molar-refractivity contribution is 0.599. The van der Waals surface area contributed by atoms with Crippen LogP contribution in [0.3, 0.4) is 0 Å². The number of guanidine groups is 1. The first-order chi connectivity index (χ1) is 11.1. The van der Waals surface area contributed by atoms with Crippen LogP contribution in [0.2, 0.25) is 0 Å². The largest absolute Gasteiger partial charge is 0.370 e. The molecule has 5 nitrogen and oxygen atoms in total. The molecule has 0 spiro atoms. The maximum atomic E-state index is 12.8. The predicted octanol–water partition coefficient (Wildman–Crippen LogP) is 2.41. The smallest absolute Gasteiger partial charge is 0.188 e. The minimum Gasteiger partial charge on any atom is -0.370 e. The van der Waals surface area contributed by atoms with Gasteiger partial charge in [-0.05, 0) is 50.3 Å². The van der Waals surface area contributed by atoms with E-state index in [-0.39, 0.29) is 11.9 Å². The van der Waals surface area contributed by atoms with Crippen LogP contribution >= 0.6 is 0 Å². The summed E-state index contributed by atoms with van der Waals surface area (Å²) in [5.74, 6) is 0.271. The summed E-state index contributed by atoms with van der Waals surface area (Å²) in [5.41, 5.74) is 8.12. The van der Waals surface area contributed by atoms with Crippen molar-refractivity contribution in [3.8, 4) is 0 Å². The molecule has 1 unspecified atom stereocenters. The first-order valence-electron chi connectivity index (χ1n) is 7.91. The lowest BCUT2D eigenvalue weighted by atomic mass is 10.1. The van der Waals surface area contributed by atoms with Gasteiger partial charge in [0.15, 0.2) is 5.96 Å². The molecule has 23 heavy (non-hydrogen) atoms. The van der Waals surface area contributed by atoms with Crippen molar-refractivity contribution in [2.24, 2.45) is 10.7 Å². The highest BCUT2D eigenvalue weighted by molar-refractivity contribution is 5.78. The molecule has 0 aliphatic rings. The van der Waals surface area contributed by atoms with Gasteiger partial charge in [-0.1, -0.05) is 12.1 Å². The van der Waals surface area contributed by atoms with Gasteiger partial charge in [0.1, 0.15) is 5.82 Å². The molecule has 0 fully saturated rings. The summed E-state index contributed by atoms with van der Waals surface area (Å²) in [4.78, 5) is 11.4. The zero-order valence-electron chi connectivity index (χ0n) is 13.4. The van der Waals surface area contributed by atoms with Gasteiger partial charge >= 0.3 is 0 Å². The number of aromatic amines is 1. The van der Waals surface area contributed by atoms with Crippen molar-refractivity contribution < 1.29 is 4.39 Å². The molecule has 0 radical (unpaired) electrons. The summed E-state index contributed by atoms with van der Waals surface area (Å²) in [6.45, 7) is 2.75. The highest BCUT2D eigenvalue weighted by Gasteiger charge is 2.04. The van der Waals surface area contributed by atoms with Gasteiger partial charge in [-0.2, -0.15) is 0 Å². The topological polar surface area (TPSA) is 79.1 Å². The van der Waals surface area contributed by atoms with E-state index in [1.807, 2.05) is 18.3 Å². The Hall–Kier alpha value is -2.37. The minimum absolute atomic E-state index is 0.202. The standard InChI is InChI=1S/C17H24FN5/c1-13(4-5-14-6-8-15(18)9-7-14)23-17(19)21-10-2-3-16-11-20-12-22-16/h6-9,11-13H,2-5,10H2,1H3,(H,20,22)(H3,19,21,23). The number of aryl methyl sites for hydroxylation is 2. The average Bonchev–Trinajstić information content (AvgIpc) is 3.04. The number of rotatable bonds is 8. The summed E-state index contributed by atoms with van der Waals surface area (Å²) in [7, 11) is 0. The molecule has 124 valence electrons. The van der Waals surface area contributed by atoms with Gasteiger partial charge < -0.3 is 16.0 Å². The third kappa shape index (κ3) is 6.50. The number of nitrogens with one attached hydrogen (secondary N) is 2. The van der Waals surface area contributed by atoms with Crippen LogP contribution in [0.4, 0.5) is 4.39 Å². The second-order valence-corrected chi connectivity index (χ2v) is 5.66. The van der Waals surface area contributed by atoms with E-state index in [9.17, 15) is 4.39 Å². The number of benzene rings is 1. The quantitative estimate of drug-likeness (QED) is 0.397. The van der Waals surface area contributed by atoms with E-state index in [1.165, 1.54) is 12.1 Å². The SMILES string of the molecule is CC(CCc1ccc(F)cc1)NC(N)=NCCCc1cnc[nH]1. The Morgan fingerprint density at radius 3 is 2.83 bits per heavy atom. The van der Waals surface area contributed by atoms with Crippen LogP contribution in [-0.2, 0) is 12.8 Å². The van der Waals surface area contributed by atoms with Gasteiger partial charge in [-0.3, -0.25) is 4.99 Å². The van der Waals surface area contributed by atoms with Crippen molar-refractivity contribution in [3.63, 3.8) is 0 Å². The minimum atomic E-state index is -0.202. The van der Waals surface area contributed by atoms with E-state index >= 15 is 0 Å². The fourth-order valence-corrected chi connectivity index (χ4v) is 2.29. The van der Waals surface area contributed by atoms with Crippen molar-refractivity contribution in [1.29, 1.82) is 0 Å². The Morgan fingerprint density at radius 2 is 2.13 bits per heavy atom. The molecule has 0 saturated carbocycles. The molecule has 6 heteroatoms. The number of aromatic nitrogens is 2. The number of H-pyrrole nitrogens is 1. The van der Waals surface area contributed by atoms with E-state index in [0.717, 1.165) is 36.9 Å². The van der Waals surface area contributed by atoms with Crippen LogP contribution in [0, 0.1) is 5.82 Å². The van der Waals surface area contributed by atoms with Gasteiger partial charge in [0.05, 0.1) is 6.33 Å². The zero-order valence-corrected chi connectivity index (χ0v) is 13.4. The lowest BCUT2D eigenvalue weighted by Crippen LogP contribution is -2.38. The normalized spacial score (nSPS) is 13.0. The van der Waals surface area contributed by atoms with Crippen molar-refractivity contribution in [2.75, 3.05) is 6.54 Å². The molecule has 1 atom stereocenters. The van der Waals surface area contributed by atoms with Gasteiger partial charge in [0.25, 0.3) is 0 Å². The van der Waals surface area contributed by atoms with Gasteiger partial charge in [-0.25, -0.2) is 9.37 Å². The molecule has 4 N–H and O–H groups in total. The third-order valence-electron chi connectivity index (χ3n) is 3.61. The van der Waals surface area contributed by atoms with Crippen molar-refractivity contribution >= 4 is 5.96 Å². The number of aliphatic imine (C=N–C) groups is 1. The van der Waals surface area contributed by atoms with Crippen LogP contribution in [0.25, 0.3) is 0 Å². The number of imidazole rings is 1. The Kier molecular flexibility index (Phi) is 6.59. The molecule has 1 heterocycles. The summed E-state index contributed by atoms with van der Waals surface area (Å²) < 4.78 is 12.8. The Labute approximate surface area is 136 Å². The maximum absolute atomic E-state index is 12.8. The van der Waals surface area contributed by atoms with Crippen LogP contribution < -0.4 is 11.1 Å². The van der Waals surface area contributed by atoms with E-state index in [1.54, 1.807) is 6.33 Å². The van der Waals surface area contributed by atoms with Crippen molar-refractivity contribution in [2.45, 2.75) is 38.6 Å². The second-order valence-electron chi connectivity index (χ2n) is 5.66. The van der Waals surface area contributed by atoms with Crippen LogP contribution in [0.15, 0.2) is 41.8 Å². The zero-order chi connectivity index (χ0) is 16.5. The van der Waals surface area contributed by atoms with E-state index in [4.69, 9.17) is 5.73 Å². The Morgan fingerprint density at radius 1 is 1.35 bits per heavy atom.